The van der Waals surface area contributed by atoms with Crippen molar-refractivity contribution in [3.63, 3.8) is 0 Å². The van der Waals surface area contributed by atoms with Crippen LogP contribution in [0.3, 0.4) is 0 Å². The maximum absolute atomic E-state index is 11.9. The van der Waals surface area contributed by atoms with Gasteiger partial charge in [0.15, 0.2) is 5.96 Å². The van der Waals surface area contributed by atoms with Crippen LogP contribution in [-0.4, -0.2) is 49.4 Å². The van der Waals surface area contributed by atoms with E-state index in [4.69, 9.17) is 4.42 Å². The lowest BCUT2D eigenvalue weighted by atomic mass is 9.94. The van der Waals surface area contributed by atoms with E-state index < -0.39 is 0 Å². The number of amides is 1. The van der Waals surface area contributed by atoms with E-state index in [1.165, 1.54) is 0 Å². The minimum atomic E-state index is -0.0713. The van der Waals surface area contributed by atoms with E-state index in [-0.39, 0.29) is 11.3 Å². The summed E-state index contributed by atoms with van der Waals surface area (Å²) in [4.78, 5) is 22.3. The molecule has 0 fully saturated rings. The summed E-state index contributed by atoms with van der Waals surface area (Å²) in [6, 6.07) is 7.72. The number of benzene rings is 1. The molecule has 1 amide bonds. The Labute approximate surface area is 172 Å². The van der Waals surface area contributed by atoms with Gasteiger partial charge in [0.25, 0.3) is 0 Å². The quantitative estimate of drug-likeness (QED) is 0.488. The summed E-state index contributed by atoms with van der Waals surface area (Å²) in [5.41, 5.74) is 1.73. The highest BCUT2D eigenvalue weighted by Crippen LogP contribution is 2.22. The molecule has 3 N–H and O–H groups in total. The van der Waals surface area contributed by atoms with Gasteiger partial charge in [0.1, 0.15) is 5.76 Å². The van der Waals surface area contributed by atoms with Gasteiger partial charge in [0, 0.05) is 24.7 Å². The van der Waals surface area contributed by atoms with Crippen LogP contribution in [0.25, 0.3) is 0 Å². The average molecular weight is 401 g/mol. The highest BCUT2D eigenvalue weighted by Gasteiger charge is 2.19. The molecular weight excluding hydrogens is 368 g/mol. The Hall–Kier alpha value is -2.87. The van der Waals surface area contributed by atoms with E-state index in [0.717, 1.165) is 17.0 Å². The molecule has 0 bridgehead atoms. The fourth-order valence-corrected chi connectivity index (χ4v) is 2.55. The number of carbonyl (C=O) groups excluding carboxylic acids is 1. The number of likely N-dealkylation sites (N-methyl/N-ethyl adjacent to an activating group) is 1. The van der Waals surface area contributed by atoms with Crippen molar-refractivity contribution >= 4 is 17.6 Å². The maximum atomic E-state index is 11.9. The van der Waals surface area contributed by atoms with E-state index >= 15 is 0 Å². The van der Waals surface area contributed by atoms with Crippen LogP contribution in [-0.2, 0) is 23.3 Å². The van der Waals surface area contributed by atoms with Crippen molar-refractivity contribution < 1.29 is 9.21 Å². The number of guanidine groups is 1. The SMILES string of the molecule is CN=C(NCc1cccc(NC(=O)CN(C)C)c1)NCc1ncc(C(C)(C)C)o1. The smallest absolute Gasteiger partial charge is 0.238 e. The fraction of sp³-hybridized carbons (Fsp3) is 0.476. The zero-order valence-electron chi connectivity index (χ0n) is 18.2. The molecule has 1 aromatic carbocycles. The number of rotatable bonds is 7. The molecule has 158 valence electrons. The zero-order chi connectivity index (χ0) is 21.4. The summed E-state index contributed by atoms with van der Waals surface area (Å²) in [5.74, 6) is 2.06. The average Bonchev–Trinajstić information content (AvgIpc) is 3.11. The highest BCUT2D eigenvalue weighted by molar-refractivity contribution is 5.92. The highest BCUT2D eigenvalue weighted by atomic mass is 16.4. The summed E-state index contributed by atoms with van der Waals surface area (Å²) in [6.45, 7) is 7.61. The van der Waals surface area contributed by atoms with E-state index in [2.05, 4.69) is 46.7 Å². The number of hydrogen-bond donors (Lipinski definition) is 3. The van der Waals surface area contributed by atoms with Gasteiger partial charge in [-0.15, -0.1) is 0 Å². The number of hydrogen-bond acceptors (Lipinski definition) is 5. The molecule has 1 aromatic heterocycles. The lowest BCUT2D eigenvalue weighted by molar-refractivity contribution is -0.116. The number of carbonyl (C=O) groups is 1. The number of nitrogens with one attached hydrogen (secondary N) is 3. The molecule has 0 radical (unpaired) electrons. The monoisotopic (exact) mass is 400 g/mol. The fourth-order valence-electron chi connectivity index (χ4n) is 2.55. The van der Waals surface area contributed by atoms with Gasteiger partial charge in [-0.2, -0.15) is 0 Å². The van der Waals surface area contributed by atoms with Crippen molar-refractivity contribution in [2.75, 3.05) is 33.0 Å². The Morgan fingerprint density at radius 3 is 2.55 bits per heavy atom. The van der Waals surface area contributed by atoms with E-state index in [1.54, 1.807) is 13.2 Å². The van der Waals surface area contributed by atoms with Gasteiger partial charge in [-0.25, -0.2) is 4.98 Å². The summed E-state index contributed by atoms with van der Waals surface area (Å²) in [5, 5.41) is 9.35. The third kappa shape index (κ3) is 7.57. The zero-order valence-corrected chi connectivity index (χ0v) is 18.2. The van der Waals surface area contributed by atoms with Gasteiger partial charge in [0.2, 0.25) is 11.8 Å². The molecule has 0 aliphatic rings. The van der Waals surface area contributed by atoms with Gasteiger partial charge >= 0.3 is 0 Å². The van der Waals surface area contributed by atoms with E-state index in [9.17, 15) is 4.79 Å². The summed E-state index contributed by atoms with van der Waals surface area (Å²) < 4.78 is 5.79. The number of aromatic nitrogens is 1. The van der Waals surface area contributed by atoms with Crippen LogP contribution >= 0.6 is 0 Å². The van der Waals surface area contributed by atoms with Crippen molar-refractivity contribution in [2.24, 2.45) is 4.99 Å². The van der Waals surface area contributed by atoms with Gasteiger partial charge in [-0.1, -0.05) is 32.9 Å². The molecule has 2 rings (SSSR count). The van der Waals surface area contributed by atoms with E-state index in [0.29, 0.717) is 31.5 Å². The van der Waals surface area contributed by atoms with Crippen molar-refractivity contribution in [1.29, 1.82) is 0 Å². The molecule has 8 nitrogen and oxygen atoms in total. The molecular formula is C21H32N6O2. The first kappa shape index (κ1) is 22.4. The molecule has 0 atom stereocenters. The Balaban J connectivity index is 1.87. The summed E-state index contributed by atoms with van der Waals surface area (Å²) in [7, 11) is 5.44. The van der Waals surface area contributed by atoms with Crippen LogP contribution in [0.2, 0.25) is 0 Å². The van der Waals surface area contributed by atoms with Crippen LogP contribution in [0.1, 0.15) is 38.0 Å². The predicted octanol–water partition coefficient (Wildman–Crippen LogP) is 2.34. The van der Waals surface area contributed by atoms with Crippen LogP contribution in [0, 0.1) is 0 Å². The molecule has 0 aliphatic carbocycles. The van der Waals surface area contributed by atoms with E-state index in [1.807, 2.05) is 43.3 Å². The molecule has 2 aromatic rings. The lowest BCUT2D eigenvalue weighted by Crippen LogP contribution is -2.36. The number of anilines is 1. The maximum Gasteiger partial charge on any atom is 0.238 e. The van der Waals surface area contributed by atoms with Crippen molar-refractivity contribution in [1.82, 2.24) is 20.5 Å². The molecule has 0 aliphatic heterocycles. The topological polar surface area (TPSA) is 94.8 Å². The Kier molecular flexibility index (Phi) is 7.78. The summed E-state index contributed by atoms with van der Waals surface area (Å²) in [6.07, 6.45) is 1.77. The van der Waals surface area contributed by atoms with Crippen LogP contribution in [0.4, 0.5) is 5.69 Å². The number of nitrogens with zero attached hydrogens (tertiary/aromatic N) is 3. The third-order valence-corrected chi connectivity index (χ3v) is 4.05. The first-order chi connectivity index (χ1) is 13.7. The third-order valence-electron chi connectivity index (χ3n) is 4.05. The first-order valence-corrected chi connectivity index (χ1v) is 9.60. The molecule has 29 heavy (non-hydrogen) atoms. The Morgan fingerprint density at radius 1 is 1.21 bits per heavy atom. The van der Waals surface area contributed by atoms with Gasteiger partial charge in [-0.3, -0.25) is 9.79 Å². The first-order valence-electron chi connectivity index (χ1n) is 9.60. The lowest BCUT2D eigenvalue weighted by Gasteiger charge is -2.14. The van der Waals surface area contributed by atoms with Crippen molar-refractivity contribution in [2.45, 2.75) is 39.3 Å². The normalized spacial score (nSPS) is 12.2. The summed E-state index contributed by atoms with van der Waals surface area (Å²) >= 11 is 0. The molecule has 8 heteroatoms. The van der Waals surface area contributed by atoms with Crippen molar-refractivity contribution in [3.05, 3.63) is 47.7 Å². The predicted molar refractivity (Wildman–Crippen MR) is 116 cm³/mol. The molecule has 0 saturated heterocycles. The second kappa shape index (κ2) is 10.1. The number of aliphatic imine (C=N–C) groups is 1. The van der Waals surface area contributed by atoms with Crippen LogP contribution in [0.5, 0.6) is 0 Å². The second-order valence-corrected chi connectivity index (χ2v) is 8.13. The Bertz CT molecular complexity index is 836. The van der Waals surface area contributed by atoms with Gasteiger partial charge in [0.05, 0.1) is 19.3 Å². The standard InChI is InChI=1S/C21H32N6O2/c1-21(2,3)17-12-23-19(29-17)13-25-20(22-4)24-11-15-8-7-9-16(10-15)26-18(28)14-27(5)6/h7-10,12H,11,13-14H2,1-6H3,(H,26,28)(H2,22,24,25). The van der Waals surface area contributed by atoms with Gasteiger partial charge in [-0.05, 0) is 31.8 Å². The Morgan fingerprint density at radius 2 is 1.93 bits per heavy atom. The van der Waals surface area contributed by atoms with Crippen LogP contribution < -0.4 is 16.0 Å². The van der Waals surface area contributed by atoms with Gasteiger partial charge < -0.3 is 25.3 Å². The minimum absolute atomic E-state index is 0.0434. The van der Waals surface area contributed by atoms with Crippen molar-refractivity contribution in [3.8, 4) is 0 Å². The molecule has 0 saturated carbocycles. The number of oxazole rings is 1. The molecule has 1 heterocycles. The van der Waals surface area contributed by atoms with Crippen LogP contribution in [0.15, 0.2) is 39.9 Å². The molecule has 0 spiro atoms. The largest absolute Gasteiger partial charge is 0.443 e. The second-order valence-electron chi connectivity index (χ2n) is 8.13. The minimum Gasteiger partial charge on any atom is -0.443 e. The molecule has 0 unspecified atom stereocenters.